The van der Waals surface area contributed by atoms with Crippen LogP contribution in [0.4, 0.5) is 11.6 Å². The van der Waals surface area contributed by atoms with Gasteiger partial charge in [0, 0.05) is 23.4 Å². The number of phenolic OH excluding ortho intramolecular Hbond substituents is 1. The highest BCUT2D eigenvalue weighted by Gasteiger charge is 2.08. The molecule has 0 saturated heterocycles. The summed E-state index contributed by atoms with van der Waals surface area (Å²) in [6.45, 7) is 2.06. The first-order valence-corrected chi connectivity index (χ1v) is 7.40. The lowest BCUT2D eigenvalue weighted by Crippen LogP contribution is -1.94. The fourth-order valence-electron chi connectivity index (χ4n) is 1.48. The highest BCUT2D eigenvalue weighted by molar-refractivity contribution is 7.99. The second-order valence-electron chi connectivity index (χ2n) is 4.19. The number of H-pyrrole nitrogens is 1. The van der Waals surface area contributed by atoms with Crippen LogP contribution in [0.25, 0.3) is 0 Å². The van der Waals surface area contributed by atoms with Gasteiger partial charge in [-0.3, -0.25) is 10.1 Å². The number of aromatic nitrogens is 3. The number of benzene rings is 1. The highest BCUT2D eigenvalue weighted by Crippen LogP contribution is 2.21. The maximum absolute atomic E-state index is 10.7. The van der Waals surface area contributed by atoms with Gasteiger partial charge in [0.05, 0.1) is 11.1 Å². The van der Waals surface area contributed by atoms with E-state index in [2.05, 4.69) is 32.6 Å². The zero-order valence-electron chi connectivity index (χ0n) is 11.7. The van der Waals surface area contributed by atoms with Gasteiger partial charge in [0.15, 0.2) is 0 Å². The van der Waals surface area contributed by atoms with E-state index in [1.165, 1.54) is 36.2 Å². The Labute approximate surface area is 130 Å². The van der Waals surface area contributed by atoms with Gasteiger partial charge < -0.3 is 5.11 Å². The first kappa shape index (κ1) is 15.8. The van der Waals surface area contributed by atoms with Crippen LogP contribution in [-0.4, -0.2) is 37.2 Å². The predicted octanol–water partition coefficient (Wildman–Crippen LogP) is 2.37. The lowest BCUT2D eigenvalue weighted by atomic mass is 10.2. The molecule has 3 N–H and O–H groups in total. The number of rotatable bonds is 7. The molecule has 0 aliphatic carbocycles. The second kappa shape index (κ2) is 7.41. The van der Waals surface area contributed by atoms with Crippen molar-refractivity contribution in [3.63, 3.8) is 0 Å². The molecule has 0 saturated carbocycles. The van der Waals surface area contributed by atoms with Crippen molar-refractivity contribution in [3.8, 4) is 5.75 Å². The van der Waals surface area contributed by atoms with E-state index in [9.17, 15) is 15.2 Å². The molecule has 0 fully saturated rings. The molecule has 10 heteroatoms. The zero-order valence-corrected chi connectivity index (χ0v) is 12.5. The minimum Gasteiger partial charge on any atom is -0.507 e. The van der Waals surface area contributed by atoms with Gasteiger partial charge in [-0.25, -0.2) is 10.5 Å². The van der Waals surface area contributed by atoms with Gasteiger partial charge in [0.1, 0.15) is 5.75 Å². The van der Waals surface area contributed by atoms with Crippen LogP contribution in [-0.2, 0) is 0 Å². The average Bonchev–Trinajstić information content (AvgIpc) is 2.94. The Morgan fingerprint density at radius 2 is 2.41 bits per heavy atom. The number of nitrogens with one attached hydrogen (secondary N) is 2. The van der Waals surface area contributed by atoms with Crippen LogP contribution in [0, 0.1) is 10.1 Å². The topological polar surface area (TPSA) is 129 Å². The summed E-state index contributed by atoms with van der Waals surface area (Å²) < 4.78 is 0. The van der Waals surface area contributed by atoms with E-state index >= 15 is 0 Å². The summed E-state index contributed by atoms with van der Waals surface area (Å²) in [4.78, 5) is 14.3. The van der Waals surface area contributed by atoms with Crippen LogP contribution in [0.5, 0.6) is 5.75 Å². The van der Waals surface area contributed by atoms with Crippen LogP contribution in [0.3, 0.4) is 0 Å². The number of nitro benzene ring substituents is 1. The third-order valence-corrected chi connectivity index (χ3v) is 3.55. The quantitative estimate of drug-likeness (QED) is 0.309. The molecular formula is C12H14N6O3S. The van der Waals surface area contributed by atoms with Gasteiger partial charge >= 0.3 is 0 Å². The van der Waals surface area contributed by atoms with E-state index in [0.29, 0.717) is 11.1 Å². The minimum atomic E-state index is -0.544. The summed E-state index contributed by atoms with van der Waals surface area (Å²) in [7, 11) is 0. The number of aromatic hydroxyl groups is 1. The number of nitrogens with zero attached hydrogens (tertiary/aromatic N) is 4. The van der Waals surface area contributed by atoms with Crippen molar-refractivity contribution in [2.45, 2.75) is 18.5 Å². The Hall–Kier alpha value is -2.62. The summed E-state index contributed by atoms with van der Waals surface area (Å²) in [5, 5.41) is 31.5. The molecule has 1 aromatic heterocycles. The highest BCUT2D eigenvalue weighted by atomic mass is 32.2. The molecule has 0 radical (unpaired) electrons. The van der Waals surface area contributed by atoms with Crippen molar-refractivity contribution >= 4 is 29.6 Å². The summed E-state index contributed by atoms with van der Waals surface area (Å²) >= 11 is 1.52. The minimum absolute atomic E-state index is 0.104. The number of hydrogen-bond acceptors (Lipinski definition) is 8. The fraction of sp³-hybridized carbons (Fsp3) is 0.250. The average molecular weight is 322 g/mol. The number of phenols is 1. The van der Waals surface area contributed by atoms with Gasteiger partial charge in [-0.05, 0) is 12.5 Å². The first-order chi connectivity index (χ1) is 10.6. The lowest BCUT2D eigenvalue weighted by Gasteiger charge is -1.98. The molecule has 0 atom stereocenters. The molecule has 9 nitrogen and oxygen atoms in total. The summed E-state index contributed by atoms with van der Waals surface area (Å²) in [5.41, 5.74) is 2.71. The van der Waals surface area contributed by atoms with Crippen LogP contribution in [0.1, 0.15) is 18.9 Å². The number of thioether (sulfide) groups is 1. The Morgan fingerprint density at radius 1 is 1.59 bits per heavy atom. The van der Waals surface area contributed by atoms with Crippen LogP contribution in [0.2, 0.25) is 0 Å². The number of anilines is 1. The van der Waals surface area contributed by atoms with Crippen molar-refractivity contribution in [2.24, 2.45) is 5.10 Å². The number of hydrogen-bond donors (Lipinski definition) is 3. The summed E-state index contributed by atoms with van der Waals surface area (Å²) in [6.07, 6.45) is 2.29. The van der Waals surface area contributed by atoms with E-state index in [1.807, 2.05) is 0 Å². The monoisotopic (exact) mass is 322 g/mol. The Morgan fingerprint density at radius 3 is 3.14 bits per heavy atom. The molecule has 0 aliphatic rings. The molecule has 0 spiro atoms. The van der Waals surface area contributed by atoms with Crippen molar-refractivity contribution < 1.29 is 10.0 Å². The summed E-state index contributed by atoms with van der Waals surface area (Å²) in [5.74, 6) is 1.16. The molecule has 22 heavy (non-hydrogen) atoms. The molecule has 0 unspecified atom stereocenters. The molecule has 2 rings (SSSR count). The van der Waals surface area contributed by atoms with Crippen molar-refractivity contribution in [3.05, 3.63) is 33.9 Å². The van der Waals surface area contributed by atoms with Crippen molar-refractivity contribution in [1.82, 2.24) is 15.2 Å². The Kier molecular flexibility index (Phi) is 5.31. The van der Waals surface area contributed by atoms with Gasteiger partial charge in [0.25, 0.3) is 5.69 Å². The standard InChI is InChI=1S/C12H14N6O3S/c1-2-5-22-12-14-11(16-17-12)15-13-7-8-6-9(18(20)21)3-4-10(8)19/h3-4,6-7,19H,2,5H2,1H3,(H2,14,15,16,17)/b13-7+. The first-order valence-electron chi connectivity index (χ1n) is 6.42. The molecule has 0 bridgehead atoms. The van der Waals surface area contributed by atoms with Crippen molar-refractivity contribution in [2.75, 3.05) is 11.2 Å². The van der Waals surface area contributed by atoms with E-state index in [-0.39, 0.29) is 17.0 Å². The normalized spacial score (nSPS) is 11.0. The Bertz CT molecular complexity index is 687. The van der Waals surface area contributed by atoms with Crippen molar-refractivity contribution in [1.29, 1.82) is 0 Å². The maximum atomic E-state index is 10.7. The largest absolute Gasteiger partial charge is 0.507 e. The second-order valence-corrected chi connectivity index (χ2v) is 5.25. The van der Waals surface area contributed by atoms with E-state index in [4.69, 9.17) is 0 Å². The molecular weight excluding hydrogens is 308 g/mol. The van der Waals surface area contributed by atoms with Gasteiger partial charge in [-0.2, -0.15) is 10.1 Å². The third-order valence-electron chi connectivity index (χ3n) is 2.50. The predicted molar refractivity (Wildman–Crippen MR) is 83.4 cm³/mol. The molecule has 1 aromatic carbocycles. The Balaban J connectivity index is 2.01. The van der Waals surface area contributed by atoms with Crippen LogP contribution in [0.15, 0.2) is 28.5 Å². The molecule has 0 amide bonds. The van der Waals surface area contributed by atoms with Gasteiger partial charge in [0.2, 0.25) is 11.1 Å². The van der Waals surface area contributed by atoms with Gasteiger partial charge in [-0.1, -0.05) is 18.7 Å². The van der Waals surface area contributed by atoms with E-state index in [1.54, 1.807) is 0 Å². The number of hydrazone groups is 1. The van der Waals surface area contributed by atoms with Crippen LogP contribution >= 0.6 is 11.8 Å². The molecule has 2 aromatic rings. The van der Waals surface area contributed by atoms with E-state index in [0.717, 1.165) is 12.2 Å². The van der Waals surface area contributed by atoms with Crippen LogP contribution < -0.4 is 5.43 Å². The SMILES string of the molecule is CCCSc1n[nH]c(N/N=C/c2cc([N+](=O)[O-])ccc2O)n1. The zero-order chi connectivity index (χ0) is 15.9. The molecule has 1 heterocycles. The van der Waals surface area contributed by atoms with Gasteiger partial charge in [-0.15, -0.1) is 5.10 Å². The number of non-ortho nitro benzene ring substituents is 1. The smallest absolute Gasteiger partial charge is 0.270 e. The third kappa shape index (κ3) is 4.19. The molecule has 116 valence electrons. The fourth-order valence-corrected chi connectivity index (χ4v) is 2.13. The maximum Gasteiger partial charge on any atom is 0.270 e. The summed E-state index contributed by atoms with van der Waals surface area (Å²) in [6, 6.07) is 3.69. The molecule has 0 aliphatic heterocycles. The van der Waals surface area contributed by atoms with E-state index < -0.39 is 4.92 Å². The number of nitro groups is 1. The lowest BCUT2D eigenvalue weighted by molar-refractivity contribution is -0.384. The number of aromatic amines is 1.